The van der Waals surface area contributed by atoms with Crippen molar-refractivity contribution < 1.29 is 0 Å². The fraction of sp³-hybridized carbons (Fsp3) is 1.00. The fourth-order valence-electron chi connectivity index (χ4n) is 1.09. The van der Waals surface area contributed by atoms with Gasteiger partial charge in [-0.3, -0.25) is 0 Å². The summed E-state index contributed by atoms with van der Waals surface area (Å²) in [6, 6.07) is 0. The molecule has 0 aromatic heterocycles. The van der Waals surface area contributed by atoms with Gasteiger partial charge in [0.15, 0.2) is 0 Å². The lowest BCUT2D eigenvalue weighted by atomic mass is 9.92. The van der Waals surface area contributed by atoms with Crippen molar-refractivity contribution in [2.45, 2.75) is 43.4 Å². The van der Waals surface area contributed by atoms with Crippen LogP contribution in [-0.2, 0) is 0 Å². The van der Waals surface area contributed by atoms with Crippen LogP contribution >= 0.6 is 90.4 Å². The van der Waals surface area contributed by atoms with Gasteiger partial charge < -0.3 is 0 Å². The first-order valence-corrected chi connectivity index (χ1v) is 9.83. The Bertz CT molecular complexity index is 140. The van der Waals surface area contributed by atoms with E-state index in [2.05, 4.69) is 118 Å². The molecule has 4 heteroatoms. The molecule has 0 aromatic rings. The number of alkyl halides is 4. The van der Waals surface area contributed by atoms with E-state index in [1.807, 2.05) is 0 Å². The van der Waals surface area contributed by atoms with E-state index >= 15 is 0 Å². The monoisotopic (exact) mass is 646 g/mol. The highest BCUT2D eigenvalue weighted by Crippen LogP contribution is 2.35. The van der Waals surface area contributed by atoms with Crippen molar-refractivity contribution in [2.24, 2.45) is 11.8 Å². The van der Waals surface area contributed by atoms with Gasteiger partial charge in [0.05, 0.1) is 0 Å². The third-order valence-corrected chi connectivity index (χ3v) is 12.8. The number of hydrogen-bond acceptors (Lipinski definition) is 0. The lowest BCUT2D eigenvalue weighted by Gasteiger charge is -2.30. The second-order valence-corrected chi connectivity index (χ2v) is 10.4. The van der Waals surface area contributed by atoms with E-state index in [9.17, 15) is 0 Å². The molecule has 0 rings (SSSR count). The molecule has 14 heavy (non-hydrogen) atoms. The first kappa shape index (κ1) is 16.9. The first-order valence-electron chi connectivity index (χ1n) is 4.85. The Morgan fingerprint density at radius 1 is 0.643 bits per heavy atom. The van der Waals surface area contributed by atoms with Crippen molar-refractivity contribution in [3.63, 3.8) is 0 Å². The highest BCUT2D eigenvalue weighted by molar-refractivity contribution is 14.1. The largest absolute Gasteiger partial charge is 0.0817 e. The number of halogens is 4. The molecule has 0 heterocycles. The maximum absolute atomic E-state index is 2.64. The van der Waals surface area contributed by atoms with Gasteiger partial charge in [-0.05, 0) is 11.8 Å². The summed E-state index contributed by atoms with van der Waals surface area (Å²) < 4.78 is 3.09. The minimum atomic E-state index is 0.756. The molecule has 5 unspecified atom stereocenters. The molecule has 0 radical (unpaired) electrons. The molecule has 0 aliphatic carbocycles. The molecule has 0 aromatic carbocycles. The van der Waals surface area contributed by atoms with Gasteiger partial charge in [0.2, 0.25) is 0 Å². The second kappa shape index (κ2) is 8.10. The molecular weight excluding hydrogens is 628 g/mol. The summed E-state index contributed by atoms with van der Waals surface area (Å²) in [5.74, 6) is 1.60. The first-order chi connectivity index (χ1) is 6.29. The number of hydrogen-bond donors (Lipinski definition) is 0. The van der Waals surface area contributed by atoms with E-state index in [-0.39, 0.29) is 0 Å². The summed E-state index contributed by atoms with van der Waals surface area (Å²) in [4.78, 5) is 0. The summed E-state index contributed by atoms with van der Waals surface area (Å²) in [5.41, 5.74) is 0. The van der Waals surface area contributed by atoms with Gasteiger partial charge >= 0.3 is 0 Å². The summed E-state index contributed by atoms with van der Waals surface area (Å²) in [7, 11) is 0. The van der Waals surface area contributed by atoms with Crippen molar-refractivity contribution in [3.8, 4) is 0 Å². The van der Waals surface area contributed by atoms with Gasteiger partial charge in [-0.2, -0.15) is 0 Å². The highest BCUT2D eigenvalue weighted by Gasteiger charge is 2.30. The zero-order valence-electron chi connectivity index (χ0n) is 8.98. The molecular formula is C10H18I4. The molecule has 0 fully saturated rings. The zero-order valence-corrected chi connectivity index (χ0v) is 17.6. The molecule has 86 valence electrons. The molecule has 0 N–H and O–H groups in total. The van der Waals surface area contributed by atoms with Crippen molar-refractivity contribution in [3.05, 3.63) is 0 Å². The lowest BCUT2D eigenvalue weighted by molar-refractivity contribution is 0.411. The molecule has 0 aliphatic heterocycles. The number of rotatable bonds is 5. The van der Waals surface area contributed by atoms with E-state index in [4.69, 9.17) is 0 Å². The van der Waals surface area contributed by atoms with Crippen LogP contribution in [0.1, 0.15) is 27.7 Å². The minimum Gasteiger partial charge on any atom is -0.0817 e. The van der Waals surface area contributed by atoms with Crippen LogP contribution in [0, 0.1) is 11.8 Å². The predicted octanol–water partition coefficient (Wildman–Crippen LogP) is 5.51. The van der Waals surface area contributed by atoms with Crippen LogP contribution in [0.2, 0.25) is 0 Å². The lowest BCUT2D eigenvalue weighted by Crippen LogP contribution is -2.34. The molecule has 0 saturated heterocycles. The molecule has 5 atom stereocenters. The summed E-state index contributed by atoms with van der Waals surface area (Å²) in [6.07, 6.45) is 0. The Morgan fingerprint density at radius 2 is 1.07 bits per heavy atom. The van der Waals surface area contributed by atoms with Crippen LogP contribution in [0.5, 0.6) is 0 Å². The van der Waals surface area contributed by atoms with Crippen molar-refractivity contribution >= 4 is 90.4 Å². The quantitative estimate of drug-likeness (QED) is 0.273. The maximum Gasteiger partial charge on any atom is 0.0358 e. The van der Waals surface area contributed by atoms with Gasteiger partial charge in [-0.1, -0.05) is 118 Å². The third kappa shape index (κ3) is 5.50. The SMILES string of the molecule is CC(C)C(C)C(I)C(I)C(I)C(C)I. The third-order valence-electron chi connectivity index (χ3n) is 2.60. The molecule has 0 aliphatic rings. The topological polar surface area (TPSA) is 0 Å². The van der Waals surface area contributed by atoms with Crippen molar-refractivity contribution in [1.82, 2.24) is 0 Å². The van der Waals surface area contributed by atoms with Crippen LogP contribution < -0.4 is 0 Å². The Kier molecular flexibility index (Phi) is 9.79. The van der Waals surface area contributed by atoms with E-state index < -0.39 is 0 Å². The maximum atomic E-state index is 2.64. The molecule has 0 nitrogen and oxygen atoms in total. The van der Waals surface area contributed by atoms with Crippen molar-refractivity contribution in [1.29, 1.82) is 0 Å². The standard InChI is InChI=1S/C10H18I4/c1-5(2)6(3)8(12)10(14)9(13)7(4)11/h5-10H,1-4H3. The predicted molar refractivity (Wildman–Crippen MR) is 101 cm³/mol. The summed E-state index contributed by atoms with van der Waals surface area (Å²) >= 11 is 10.4. The van der Waals surface area contributed by atoms with Crippen LogP contribution in [-0.4, -0.2) is 15.7 Å². The molecule has 0 bridgehead atoms. The van der Waals surface area contributed by atoms with E-state index in [1.165, 1.54) is 0 Å². The van der Waals surface area contributed by atoms with E-state index in [0.717, 1.165) is 27.5 Å². The van der Waals surface area contributed by atoms with Crippen molar-refractivity contribution in [2.75, 3.05) is 0 Å². The van der Waals surface area contributed by atoms with E-state index in [1.54, 1.807) is 0 Å². The highest BCUT2D eigenvalue weighted by atomic mass is 127. The van der Waals surface area contributed by atoms with Gasteiger partial charge in [0.25, 0.3) is 0 Å². The normalized spacial score (nSPS) is 22.9. The Balaban J connectivity index is 4.30. The second-order valence-electron chi connectivity index (χ2n) is 4.11. The van der Waals surface area contributed by atoms with Gasteiger partial charge in [0.1, 0.15) is 0 Å². The van der Waals surface area contributed by atoms with E-state index in [0.29, 0.717) is 0 Å². The van der Waals surface area contributed by atoms with Gasteiger partial charge in [0, 0.05) is 15.7 Å². The fourth-order valence-corrected chi connectivity index (χ4v) is 6.13. The molecule has 0 spiro atoms. The van der Waals surface area contributed by atoms with Gasteiger partial charge in [-0.25, -0.2) is 0 Å². The van der Waals surface area contributed by atoms with Crippen LogP contribution in [0.3, 0.4) is 0 Å². The van der Waals surface area contributed by atoms with Crippen LogP contribution in [0.4, 0.5) is 0 Å². The van der Waals surface area contributed by atoms with Crippen LogP contribution in [0.25, 0.3) is 0 Å². The summed E-state index contributed by atoms with van der Waals surface area (Å²) in [5, 5.41) is 0. The minimum absolute atomic E-state index is 0.756. The Hall–Kier alpha value is 2.92. The summed E-state index contributed by atoms with van der Waals surface area (Å²) in [6.45, 7) is 9.35. The molecule has 0 saturated carbocycles. The van der Waals surface area contributed by atoms with Gasteiger partial charge in [-0.15, -0.1) is 0 Å². The van der Waals surface area contributed by atoms with Crippen LogP contribution in [0.15, 0.2) is 0 Å². The average Bonchev–Trinajstić information content (AvgIpc) is 2.12. The Labute approximate surface area is 143 Å². The zero-order chi connectivity index (χ0) is 11.5. The smallest absolute Gasteiger partial charge is 0.0358 e. The average molecular weight is 646 g/mol. The Morgan fingerprint density at radius 3 is 1.36 bits per heavy atom. The molecule has 0 amide bonds.